The first-order valence-corrected chi connectivity index (χ1v) is 11.6. The van der Waals surface area contributed by atoms with Crippen molar-refractivity contribution in [2.75, 3.05) is 14.2 Å². The summed E-state index contributed by atoms with van der Waals surface area (Å²) in [4.78, 5) is 41.4. The molecule has 0 spiro atoms. The second kappa shape index (κ2) is 12.3. The number of ether oxygens (including phenoxy) is 4. The number of nitrogens with zero attached hydrogens (tertiary/aromatic N) is 1. The van der Waals surface area contributed by atoms with Gasteiger partial charge in [-0.1, -0.05) is 26.8 Å². The molecule has 1 heterocycles. The van der Waals surface area contributed by atoms with Crippen molar-refractivity contribution in [3.05, 3.63) is 47.3 Å². The molecule has 0 radical (unpaired) electrons. The Morgan fingerprint density at radius 1 is 1.00 bits per heavy atom. The molecule has 0 N–H and O–H groups in total. The average molecular weight is 486 g/mol. The number of carbonyl (C=O) groups excluding carboxylic acids is 3. The van der Waals surface area contributed by atoms with Crippen LogP contribution in [0, 0.1) is 18.8 Å². The van der Waals surface area contributed by atoms with Crippen LogP contribution in [0.4, 0.5) is 0 Å². The summed E-state index contributed by atoms with van der Waals surface area (Å²) in [7, 11) is 3.02. The molecular formula is C27H35NO7. The number of pyridine rings is 1. The molecule has 0 amide bonds. The van der Waals surface area contributed by atoms with Crippen LogP contribution in [0.15, 0.2) is 30.5 Å². The Morgan fingerprint density at radius 2 is 1.69 bits per heavy atom. The van der Waals surface area contributed by atoms with E-state index in [1.165, 1.54) is 26.3 Å². The van der Waals surface area contributed by atoms with Gasteiger partial charge in [-0.3, -0.25) is 14.4 Å². The molecule has 190 valence electrons. The molecular weight excluding hydrogens is 450 g/mol. The Morgan fingerprint density at radius 3 is 2.23 bits per heavy atom. The lowest BCUT2D eigenvalue weighted by atomic mass is 9.82. The second-order valence-corrected chi connectivity index (χ2v) is 8.95. The molecule has 3 atom stereocenters. The van der Waals surface area contributed by atoms with E-state index >= 15 is 0 Å². The van der Waals surface area contributed by atoms with E-state index < -0.39 is 29.7 Å². The van der Waals surface area contributed by atoms with Gasteiger partial charge in [0.05, 0.1) is 20.1 Å². The molecule has 1 aromatic carbocycles. The number of methoxy groups -OCH3 is 2. The summed E-state index contributed by atoms with van der Waals surface area (Å²) in [5.41, 5.74) is 2.06. The van der Waals surface area contributed by atoms with Crippen LogP contribution in [0.25, 0.3) is 0 Å². The highest BCUT2D eigenvalue weighted by atomic mass is 16.6. The second-order valence-electron chi connectivity index (χ2n) is 8.95. The number of carbonyl (C=O) groups is 3. The highest BCUT2D eigenvalue weighted by Crippen LogP contribution is 2.34. The SMILES string of the molecule is COc1ccc([C@H](C(C)C)[C@H](C)OC(=O)[C@H](C)CC(=O)c2nccc(OC)c2OC(C)=O)c(C)c1. The summed E-state index contributed by atoms with van der Waals surface area (Å²) in [6.07, 6.45) is 0.807. The zero-order chi connectivity index (χ0) is 26.3. The number of hydrogen-bond acceptors (Lipinski definition) is 8. The molecule has 0 aliphatic rings. The number of Topliss-reactive ketones (excluding diaryl/α,β-unsaturated/α-hetero) is 1. The number of esters is 2. The third-order valence-electron chi connectivity index (χ3n) is 5.85. The quantitative estimate of drug-likeness (QED) is 0.327. The maximum Gasteiger partial charge on any atom is 0.309 e. The number of benzene rings is 1. The molecule has 8 nitrogen and oxygen atoms in total. The standard InChI is InChI=1S/C27H35NO7/c1-15(2)24(21-10-9-20(32-7)13-16(21)3)18(5)34-27(31)17(4)14-22(30)25-26(35-19(6)29)23(33-8)11-12-28-25/h9-13,15,17-18,24H,14H2,1-8H3/t17-,18+,24-/m1/s1. The van der Waals surface area contributed by atoms with Crippen molar-refractivity contribution in [2.45, 2.75) is 60.0 Å². The smallest absolute Gasteiger partial charge is 0.309 e. The zero-order valence-electron chi connectivity index (χ0n) is 21.7. The summed E-state index contributed by atoms with van der Waals surface area (Å²) in [6.45, 7) is 10.9. The maximum atomic E-state index is 13.0. The molecule has 0 saturated carbocycles. The minimum atomic E-state index is -0.729. The van der Waals surface area contributed by atoms with Crippen LogP contribution in [0.2, 0.25) is 0 Å². The fourth-order valence-corrected chi connectivity index (χ4v) is 4.17. The van der Waals surface area contributed by atoms with E-state index in [1.807, 2.05) is 32.0 Å². The normalized spacial score (nSPS) is 13.5. The molecule has 2 aromatic rings. The summed E-state index contributed by atoms with van der Waals surface area (Å²) in [6, 6.07) is 7.35. The van der Waals surface area contributed by atoms with Gasteiger partial charge in [-0.15, -0.1) is 0 Å². The Balaban J connectivity index is 2.17. The van der Waals surface area contributed by atoms with Crippen LogP contribution in [0.3, 0.4) is 0 Å². The Kier molecular flexibility index (Phi) is 9.80. The lowest BCUT2D eigenvalue weighted by Crippen LogP contribution is -2.30. The van der Waals surface area contributed by atoms with Gasteiger partial charge in [-0.2, -0.15) is 0 Å². The van der Waals surface area contributed by atoms with Gasteiger partial charge in [0.25, 0.3) is 0 Å². The molecule has 0 saturated heterocycles. The monoisotopic (exact) mass is 485 g/mol. The van der Waals surface area contributed by atoms with E-state index in [1.54, 1.807) is 14.0 Å². The molecule has 1 aromatic heterocycles. The fraction of sp³-hybridized carbons (Fsp3) is 0.481. The minimum Gasteiger partial charge on any atom is -0.497 e. The van der Waals surface area contributed by atoms with Crippen molar-refractivity contribution >= 4 is 17.7 Å². The zero-order valence-corrected chi connectivity index (χ0v) is 21.7. The fourth-order valence-electron chi connectivity index (χ4n) is 4.17. The summed E-state index contributed by atoms with van der Waals surface area (Å²) in [5, 5.41) is 0. The van der Waals surface area contributed by atoms with E-state index in [0.29, 0.717) is 0 Å². The third kappa shape index (κ3) is 7.04. The Labute approximate surface area is 206 Å². The molecule has 35 heavy (non-hydrogen) atoms. The minimum absolute atomic E-state index is 0.0385. The van der Waals surface area contributed by atoms with Crippen LogP contribution >= 0.6 is 0 Å². The van der Waals surface area contributed by atoms with Crippen molar-refractivity contribution in [3.63, 3.8) is 0 Å². The van der Waals surface area contributed by atoms with E-state index in [9.17, 15) is 14.4 Å². The van der Waals surface area contributed by atoms with Gasteiger partial charge in [0, 0.05) is 31.5 Å². The van der Waals surface area contributed by atoms with Crippen LogP contribution in [-0.2, 0) is 14.3 Å². The van der Waals surface area contributed by atoms with Crippen LogP contribution < -0.4 is 14.2 Å². The van der Waals surface area contributed by atoms with Gasteiger partial charge in [0.15, 0.2) is 17.2 Å². The lowest BCUT2D eigenvalue weighted by Gasteiger charge is -2.30. The summed E-state index contributed by atoms with van der Waals surface area (Å²) in [5.74, 6) is -1.20. The third-order valence-corrected chi connectivity index (χ3v) is 5.85. The molecule has 0 unspecified atom stereocenters. The Hall–Kier alpha value is -3.42. The van der Waals surface area contributed by atoms with Crippen LogP contribution in [0.1, 0.15) is 68.6 Å². The number of hydrogen-bond donors (Lipinski definition) is 0. The van der Waals surface area contributed by atoms with Gasteiger partial charge in [-0.25, -0.2) is 4.98 Å². The summed E-state index contributed by atoms with van der Waals surface area (Å²) >= 11 is 0. The molecule has 0 bridgehead atoms. The first kappa shape index (κ1) is 27.8. The average Bonchev–Trinajstić information content (AvgIpc) is 2.79. The van der Waals surface area contributed by atoms with Crippen molar-refractivity contribution in [3.8, 4) is 17.2 Å². The van der Waals surface area contributed by atoms with Crippen molar-refractivity contribution in [2.24, 2.45) is 11.8 Å². The number of aryl methyl sites for hydroxylation is 1. The van der Waals surface area contributed by atoms with Crippen molar-refractivity contribution in [1.82, 2.24) is 4.98 Å². The van der Waals surface area contributed by atoms with Crippen LogP contribution in [-0.4, -0.2) is 43.0 Å². The first-order valence-electron chi connectivity index (χ1n) is 11.6. The van der Waals surface area contributed by atoms with Crippen molar-refractivity contribution in [1.29, 1.82) is 0 Å². The topological polar surface area (TPSA) is 101 Å². The van der Waals surface area contributed by atoms with Crippen molar-refractivity contribution < 1.29 is 33.3 Å². The van der Waals surface area contributed by atoms with E-state index in [-0.39, 0.29) is 35.4 Å². The highest BCUT2D eigenvalue weighted by Gasteiger charge is 2.30. The first-order chi connectivity index (χ1) is 16.5. The van der Waals surface area contributed by atoms with Gasteiger partial charge in [0.2, 0.25) is 5.75 Å². The summed E-state index contributed by atoms with van der Waals surface area (Å²) < 4.78 is 21.5. The van der Waals surface area contributed by atoms with E-state index in [4.69, 9.17) is 18.9 Å². The molecule has 0 aliphatic heterocycles. The van der Waals surface area contributed by atoms with Gasteiger partial charge in [-0.05, 0) is 43.0 Å². The van der Waals surface area contributed by atoms with E-state index in [2.05, 4.69) is 18.8 Å². The predicted octanol–water partition coefficient (Wildman–Crippen LogP) is 4.91. The van der Waals surface area contributed by atoms with Gasteiger partial charge < -0.3 is 18.9 Å². The molecule has 0 fully saturated rings. The molecule has 8 heteroatoms. The predicted molar refractivity (Wildman–Crippen MR) is 131 cm³/mol. The van der Waals surface area contributed by atoms with Crippen LogP contribution in [0.5, 0.6) is 17.2 Å². The number of rotatable bonds is 11. The van der Waals surface area contributed by atoms with Gasteiger partial charge in [0.1, 0.15) is 11.9 Å². The lowest BCUT2D eigenvalue weighted by molar-refractivity contribution is -0.154. The molecule has 2 rings (SSSR count). The Bertz CT molecular complexity index is 1060. The van der Waals surface area contributed by atoms with Gasteiger partial charge >= 0.3 is 11.9 Å². The largest absolute Gasteiger partial charge is 0.497 e. The van der Waals surface area contributed by atoms with E-state index in [0.717, 1.165) is 16.9 Å². The number of aromatic nitrogens is 1. The maximum absolute atomic E-state index is 13.0. The highest BCUT2D eigenvalue weighted by molar-refractivity contribution is 5.99. The number of ketones is 1. The molecule has 0 aliphatic carbocycles.